The summed E-state index contributed by atoms with van der Waals surface area (Å²) in [5.41, 5.74) is 2.16. The molecule has 176 valence electrons. The Hall–Kier alpha value is -2.95. The fourth-order valence-corrected chi connectivity index (χ4v) is 4.09. The molecule has 0 aromatic heterocycles. The summed E-state index contributed by atoms with van der Waals surface area (Å²) < 4.78 is 34.4. The summed E-state index contributed by atoms with van der Waals surface area (Å²) >= 11 is 0. The Morgan fingerprint density at radius 2 is 2.00 bits per heavy atom. The van der Waals surface area contributed by atoms with Gasteiger partial charge in [-0.15, -0.1) is 0 Å². The topological polar surface area (TPSA) is 100 Å². The van der Waals surface area contributed by atoms with Crippen molar-refractivity contribution in [1.29, 1.82) is 0 Å². The first-order chi connectivity index (χ1) is 15.1. The molecule has 2 N–H and O–H groups in total. The monoisotopic (exact) mass is 454 g/mol. The number of alkyl halides is 2. The third-order valence-corrected chi connectivity index (χ3v) is 5.84. The summed E-state index contributed by atoms with van der Waals surface area (Å²) in [6.07, 6.45) is 2.78. The first kappa shape index (κ1) is 23.7. The molecule has 1 aromatic carbocycles. The normalized spacial score (nSPS) is 23.1. The van der Waals surface area contributed by atoms with Gasteiger partial charge in [-0.25, -0.2) is 4.79 Å². The van der Waals surface area contributed by atoms with E-state index in [1.807, 2.05) is 0 Å². The van der Waals surface area contributed by atoms with Crippen LogP contribution in [0.1, 0.15) is 38.2 Å². The Kier molecular flexibility index (Phi) is 7.17. The Bertz CT molecular complexity index is 874. The van der Waals surface area contributed by atoms with Gasteiger partial charge in [-0.05, 0) is 56.3 Å². The lowest BCUT2D eigenvalue weighted by atomic mass is 9.77. The summed E-state index contributed by atoms with van der Waals surface area (Å²) in [7, 11) is 3.01. The standard InChI is InChI=1S/C21H28F2N4O5/c1-13-6-8-21(9-7-13)18(29)27(20(30)24-21)25-17(28)12-26(2)11-14-4-5-15(32-19(22)23)16(10-14)31-3/h4-5,10,13,19H,6-9,11-12H2,1-3H3,(H,24,30)(H,25,28). The molecule has 11 heteroatoms. The highest BCUT2D eigenvalue weighted by molar-refractivity contribution is 6.08. The zero-order valence-corrected chi connectivity index (χ0v) is 18.3. The van der Waals surface area contributed by atoms with Crippen LogP contribution < -0.4 is 20.2 Å². The Labute approximate surface area is 185 Å². The molecular weight excluding hydrogens is 426 g/mol. The van der Waals surface area contributed by atoms with Crippen molar-refractivity contribution in [2.45, 2.75) is 51.3 Å². The van der Waals surface area contributed by atoms with Gasteiger partial charge in [-0.2, -0.15) is 13.8 Å². The molecule has 1 aromatic rings. The molecule has 9 nitrogen and oxygen atoms in total. The molecular formula is C21H28F2N4O5. The molecule has 1 aliphatic heterocycles. The van der Waals surface area contributed by atoms with Gasteiger partial charge in [0.1, 0.15) is 5.54 Å². The highest BCUT2D eigenvalue weighted by Crippen LogP contribution is 2.35. The largest absolute Gasteiger partial charge is 0.493 e. The van der Waals surface area contributed by atoms with Gasteiger partial charge in [-0.3, -0.25) is 19.9 Å². The first-order valence-corrected chi connectivity index (χ1v) is 10.4. The molecule has 1 saturated carbocycles. The molecule has 2 aliphatic rings. The SMILES string of the molecule is COc1cc(CN(C)CC(=O)NN2C(=O)NC3(CCC(C)CC3)C2=O)ccc1OC(F)F. The molecule has 1 saturated heterocycles. The second-order valence-corrected chi connectivity index (χ2v) is 8.41. The summed E-state index contributed by atoms with van der Waals surface area (Å²) in [5.74, 6) is -0.396. The van der Waals surface area contributed by atoms with E-state index in [-0.39, 0.29) is 18.0 Å². The number of nitrogens with one attached hydrogen (secondary N) is 2. The zero-order valence-electron chi connectivity index (χ0n) is 18.3. The molecule has 2 fully saturated rings. The maximum atomic E-state index is 12.8. The third-order valence-electron chi connectivity index (χ3n) is 5.84. The maximum absolute atomic E-state index is 12.8. The fourth-order valence-electron chi connectivity index (χ4n) is 4.09. The van der Waals surface area contributed by atoms with E-state index < -0.39 is 30.0 Å². The van der Waals surface area contributed by atoms with Gasteiger partial charge in [0.25, 0.3) is 11.8 Å². The van der Waals surface area contributed by atoms with Crippen LogP contribution in [0.15, 0.2) is 18.2 Å². The minimum atomic E-state index is -2.97. The summed E-state index contributed by atoms with van der Waals surface area (Å²) in [6.45, 7) is -0.666. The number of carbonyl (C=O) groups is 3. The highest BCUT2D eigenvalue weighted by Gasteiger charge is 2.52. The van der Waals surface area contributed by atoms with Crippen molar-refractivity contribution in [3.63, 3.8) is 0 Å². The Morgan fingerprint density at radius 3 is 2.62 bits per heavy atom. The quantitative estimate of drug-likeness (QED) is 0.585. The molecule has 1 heterocycles. The van der Waals surface area contributed by atoms with Crippen molar-refractivity contribution in [3.8, 4) is 11.5 Å². The third kappa shape index (κ3) is 5.26. The van der Waals surface area contributed by atoms with E-state index in [1.54, 1.807) is 18.0 Å². The second-order valence-electron chi connectivity index (χ2n) is 8.41. The molecule has 3 rings (SSSR count). The Balaban J connectivity index is 1.56. The van der Waals surface area contributed by atoms with E-state index in [0.29, 0.717) is 30.9 Å². The zero-order chi connectivity index (χ0) is 23.5. The van der Waals surface area contributed by atoms with Crippen LogP contribution in [0.5, 0.6) is 11.5 Å². The number of benzene rings is 1. The number of hydrogen-bond acceptors (Lipinski definition) is 6. The lowest BCUT2D eigenvalue weighted by Gasteiger charge is -2.33. The number of rotatable bonds is 8. The molecule has 1 aliphatic carbocycles. The van der Waals surface area contributed by atoms with Gasteiger partial charge in [0.2, 0.25) is 0 Å². The summed E-state index contributed by atoms with van der Waals surface area (Å²) in [5, 5.41) is 3.52. The van der Waals surface area contributed by atoms with E-state index in [1.165, 1.54) is 19.2 Å². The molecule has 1 spiro atoms. The van der Waals surface area contributed by atoms with Crippen LogP contribution in [0.4, 0.5) is 13.6 Å². The molecule has 0 radical (unpaired) electrons. The number of halogens is 2. The number of amides is 4. The fraction of sp³-hybridized carbons (Fsp3) is 0.571. The number of ether oxygens (including phenoxy) is 2. The van der Waals surface area contributed by atoms with Crippen LogP contribution in [0.3, 0.4) is 0 Å². The predicted molar refractivity (Wildman–Crippen MR) is 110 cm³/mol. The number of methoxy groups -OCH3 is 1. The van der Waals surface area contributed by atoms with Crippen LogP contribution in [0.2, 0.25) is 0 Å². The smallest absolute Gasteiger partial charge is 0.387 e. The minimum absolute atomic E-state index is 0.0868. The van der Waals surface area contributed by atoms with Crippen molar-refractivity contribution in [2.24, 2.45) is 5.92 Å². The summed E-state index contributed by atoms with van der Waals surface area (Å²) in [4.78, 5) is 39.2. The van der Waals surface area contributed by atoms with Gasteiger partial charge in [0, 0.05) is 6.54 Å². The first-order valence-electron chi connectivity index (χ1n) is 10.4. The van der Waals surface area contributed by atoms with Crippen molar-refractivity contribution in [2.75, 3.05) is 20.7 Å². The number of hydrogen-bond donors (Lipinski definition) is 2. The van der Waals surface area contributed by atoms with Gasteiger partial charge >= 0.3 is 12.6 Å². The van der Waals surface area contributed by atoms with Crippen LogP contribution in [-0.2, 0) is 16.1 Å². The second kappa shape index (κ2) is 9.68. The van der Waals surface area contributed by atoms with Gasteiger partial charge in [-0.1, -0.05) is 13.0 Å². The van der Waals surface area contributed by atoms with Crippen LogP contribution in [0, 0.1) is 5.92 Å². The van der Waals surface area contributed by atoms with Gasteiger partial charge < -0.3 is 14.8 Å². The van der Waals surface area contributed by atoms with Crippen LogP contribution in [0.25, 0.3) is 0 Å². The average Bonchev–Trinajstić information content (AvgIpc) is 2.95. The lowest BCUT2D eigenvalue weighted by molar-refractivity contribution is -0.140. The van der Waals surface area contributed by atoms with Gasteiger partial charge in [0.15, 0.2) is 11.5 Å². The number of hydrazine groups is 1. The van der Waals surface area contributed by atoms with E-state index in [9.17, 15) is 23.2 Å². The lowest BCUT2D eigenvalue weighted by Crippen LogP contribution is -2.52. The van der Waals surface area contributed by atoms with E-state index in [4.69, 9.17) is 4.74 Å². The molecule has 4 amide bonds. The minimum Gasteiger partial charge on any atom is -0.493 e. The van der Waals surface area contributed by atoms with Crippen molar-refractivity contribution >= 4 is 17.8 Å². The number of urea groups is 1. The van der Waals surface area contributed by atoms with Crippen LogP contribution >= 0.6 is 0 Å². The Morgan fingerprint density at radius 1 is 1.31 bits per heavy atom. The highest BCUT2D eigenvalue weighted by atomic mass is 19.3. The maximum Gasteiger partial charge on any atom is 0.387 e. The van der Waals surface area contributed by atoms with Crippen molar-refractivity contribution < 1.29 is 32.6 Å². The molecule has 0 bridgehead atoms. The molecule has 0 unspecified atom stereocenters. The number of nitrogens with zero attached hydrogens (tertiary/aromatic N) is 2. The average molecular weight is 454 g/mol. The predicted octanol–water partition coefficient (Wildman–Crippen LogP) is 2.26. The van der Waals surface area contributed by atoms with Gasteiger partial charge in [0.05, 0.1) is 13.7 Å². The van der Waals surface area contributed by atoms with Crippen molar-refractivity contribution in [1.82, 2.24) is 20.7 Å². The van der Waals surface area contributed by atoms with E-state index in [2.05, 4.69) is 22.4 Å². The van der Waals surface area contributed by atoms with E-state index >= 15 is 0 Å². The number of carbonyl (C=O) groups excluding carboxylic acids is 3. The van der Waals surface area contributed by atoms with Crippen LogP contribution in [-0.4, -0.2) is 60.6 Å². The molecule has 0 atom stereocenters. The molecule has 32 heavy (non-hydrogen) atoms. The van der Waals surface area contributed by atoms with E-state index in [0.717, 1.165) is 17.9 Å². The summed E-state index contributed by atoms with van der Waals surface area (Å²) in [6, 6.07) is 3.86. The van der Waals surface area contributed by atoms with Crippen molar-refractivity contribution in [3.05, 3.63) is 23.8 Å². The number of imide groups is 1. The number of likely N-dealkylation sites (N-methyl/N-ethyl adjacent to an activating group) is 1.